The minimum Gasteiger partial charge on any atom is -0.462 e. The predicted octanol–water partition coefficient (Wildman–Crippen LogP) is 2.60. The van der Waals surface area contributed by atoms with Gasteiger partial charge in [0.2, 0.25) is 0 Å². The lowest BCUT2D eigenvalue weighted by molar-refractivity contribution is 0.322. The van der Waals surface area contributed by atoms with Crippen LogP contribution in [0.4, 0.5) is 0 Å². The Kier molecular flexibility index (Phi) is 2.89. The Labute approximate surface area is 94.5 Å². The van der Waals surface area contributed by atoms with Crippen molar-refractivity contribution in [1.82, 2.24) is 5.16 Å². The van der Waals surface area contributed by atoms with E-state index in [4.69, 9.17) is 9.26 Å². The fourth-order valence-electron chi connectivity index (χ4n) is 1.10. The average molecular weight is 299 g/mol. The molecule has 0 bridgehead atoms. The maximum atomic E-state index is 5.32. The van der Waals surface area contributed by atoms with E-state index in [1.165, 1.54) is 0 Å². The zero-order chi connectivity index (χ0) is 9.80. The standard InChI is InChI=1S/C10H6INO2/c11-6-3-7-13-10-8-4-1-2-5-9(8)14-12-10/h1-2,4-5H,7H2. The van der Waals surface area contributed by atoms with E-state index >= 15 is 0 Å². The number of nitrogens with zero attached hydrogens (tertiary/aromatic N) is 1. The van der Waals surface area contributed by atoms with E-state index in [1.54, 1.807) is 0 Å². The molecule has 4 heteroatoms. The Hall–Kier alpha value is -1.22. The minimum absolute atomic E-state index is 0.333. The Morgan fingerprint density at radius 3 is 3.14 bits per heavy atom. The van der Waals surface area contributed by atoms with Gasteiger partial charge in [0.1, 0.15) is 0 Å². The van der Waals surface area contributed by atoms with Crippen molar-refractivity contribution in [2.45, 2.75) is 0 Å². The molecule has 0 atom stereocenters. The van der Waals surface area contributed by atoms with Crippen molar-refractivity contribution in [3.8, 4) is 15.7 Å². The van der Waals surface area contributed by atoms with Crippen molar-refractivity contribution in [1.29, 1.82) is 0 Å². The van der Waals surface area contributed by atoms with E-state index in [-0.39, 0.29) is 0 Å². The van der Waals surface area contributed by atoms with E-state index < -0.39 is 0 Å². The number of fused-ring (bicyclic) bond motifs is 1. The second kappa shape index (κ2) is 4.33. The molecule has 3 nitrogen and oxygen atoms in total. The van der Waals surface area contributed by atoms with Crippen molar-refractivity contribution in [2.75, 3.05) is 6.61 Å². The third-order valence-electron chi connectivity index (χ3n) is 1.69. The highest BCUT2D eigenvalue weighted by atomic mass is 127. The van der Waals surface area contributed by atoms with E-state index in [9.17, 15) is 0 Å². The van der Waals surface area contributed by atoms with Crippen LogP contribution in [0.25, 0.3) is 11.0 Å². The second-order valence-corrected chi connectivity index (χ2v) is 3.08. The third-order valence-corrected chi connectivity index (χ3v) is 2.07. The molecular weight excluding hydrogens is 293 g/mol. The Balaban J connectivity index is 2.28. The number of rotatable bonds is 2. The van der Waals surface area contributed by atoms with Crippen LogP contribution in [0.3, 0.4) is 0 Å². The van der Waals surface area contributed by atoms with Crippen molar-refractivity contribution in [2.24, 2.45) is 0 Å². The first-order valence-corrected chi connectivity index (χ1v) is 5.05. The summed E-state index contributed by atoms with van der Waals surface area (Å²) in [6.45, 7) is 0.333. The van der Waals surface area contributed by atoms with Crippen LogP contribution in [0.1, 0.15) is 0 Å². The molecule has 0 radical (unpaired) electrons. The Bertz CT molecular complexity index is 495. The molecule has 0 aliphatic heterocycles. The van der Waals surface area contributed by atoms with Crippen LogP contribution in [0.5, 0.6) is 5.88 Å². The number of halogens is 1. The van der Waals surface area contributed by atoms with Crippen LogP contribution in [0.15, 0.2) is 28.8 Å². The number of benzene rings is 1. The smallest absolute Gasteiger partial charge is 0.263 e. The molecule has 2 rings (SSSR count). The quantitative estimate of drug-likeness (QED) is 0.631. The zero-order valence-electron chi connectivity index (χ0n) is 7.16. The van der Waals surface area contributed by atoms with Crippen molar-refractivity contribution in [3.05, 3.63) is 24.3 Å². The van der Waals surface area contributed by atoms with Crippen molar-refractivity contribution >= 4 is 33.6 Å². The minimum atomic E-state index is 0.333. The van der Waals surface area contributed by atoms with Crippen molar-refractivity contribution in [3.63, 3.8) is 0 Å². The van der Waals surface area contributed by atoms with Crippen molar-refractivity contribution < 1.29 is 9.26 Å². The van der Waals surface area contributed by atoms with E-state index in [2.05, 4.69) is 15.0 Å². The molecule has 2 aromatic rings. The highest BCUT2D eigenvalue weighted by molar-refractivity contribution is 14.1. The van der Waals surface area contributed by atoms with Gasteiger partial charge in [-0.05, 0) is 21.2 Å². The van der Waals surface area contributed by atoms with Crippen LogP contribution >= 0.6 is 22.6 Å². The molecule has 0 aliphatic carbocycles. The summed E-state index contributed by atoms with van der Waals surface area (Å²) in [5, 5.41) is 4.68. The number of hydrogen-bond donors (Lipinski definition) is 0. The molecule has 0 N–H and O–H groups in total. The lowest BCUT2D eigenvalue weighted by Crippen LogP contribution is -1.93. The normalized spacial score (nSPS) is 9.50. The lowest BCUT2D eigenvalue weighted by atomic mass is 10.3. The van der Waals surface area contributed by atoms with Crippen LogP contribution in [0, 0.1) is 9.85 Å². The van der Waals surface area contributed by atoms with Crippen LogP contribution in [-0.4, -0.2) is 11.8 Å². The number of aromatic nitrogens is 1. The molecule has 0 unspecified atom stereocenters. The molecule has 0 aliphatic rings. The Morgan fingerprint density at radius 2 is 2.29 bits per heavy atom. The molecular formula is C10H6INO2. The zero-order valence-corrected chi connectivity index (χ0v) is 9.32. The highest BCUT2D eigenvalue weighted by Gasteiger charge is 2.06. The van der Waals surface area contributed by atoms with Gasteiger partial charge in [-0.3, -0.25) is 0 Å². The van der Waals surface area contributed by atoms with Gasteiger partial charge in [-0.2, -0.15) is 0 Å². The highest BCUT2D eigenvalue weighted by Crippen LogP contribution is 2.23. The fourth-order valence-corrected chi connectivity index (χ4v) is 1.25. The maximum Gasteiger partial charge on any atom is 0.263 e. The summed E-state index contributed by atoms with van der Waals surface area (Å²) in [6, 6.07) is 7.55. The van der Waals surface area contributed by atoms with Gasteiger partial charge in [0.15, 0.2) is 12.2 Å². The number of hydrogen-bond acceptors (Lipinski definition) is 3. The summed E-state index contributed by atoms with van der Waals surface area (Å²) in [7, 11) is 0. The molecule has 0 saturated carbocycles. The molecule has 70 valence electrons. The van der Waals surface area contributed by atoms with Gasteiger partial charge >= 0.3 is 0 Å². The maximum absolute atomic E-state index is 5.32. The molecule has 0 fully saturated rings. The van der Waals surface area contributed by atoms with Gasteiger partial charge in [-0.25, -0.2) is 0 Å². The SMILES string of the molecule is IC#CCOc1noc2ccccc12. The predicted molar refractivity (Wildman–Crippen MR) is 61.3 cm³/mol. The molecule has 0 spiro atoms. The first-order valence-electron chi connectivity index (χ1n) is 3.97. The molecule has 1 aromatic heterocycles. The number of ether oxygens (including phenoxy) is 1. The second-order valence-electron chi connectivity index (χ2n) is 2.54. The topological polar surface area (TPSA) is 35.3 Å². The molecule has 14 heavy (non-hydrogen) atoms. The van der Waals surface area contributed by atoms with Crippen LogP contribution in [-0.2, 0) is 0 Å². The average Bonchev–Trinajstić information content (AvgIpc) is 2.63. The first-order chi connectivity index (χ1) is 6.92. The van der Waals surface area contributed by atoms with Gasteiger partial charge < -0.3 is 9.26 Å². The fraction of sp³-hybridized carbons (Fsp3) is 0.100. The van der Waals surface area contributed by atoms with E-state index in [0.717, 1.165) is 11.0 Å². The van der Waals surface area contributed by atoms with Gasteiger partial charge in [0.25, 0.3) is 5.88 Å². The largest absolute Gasteiger partial charge is 0.462 e. The first kappa shape index (κ1) is 9.34. The monoisotopic (exact) mass is 299 g/mol. The third kappa shape index (κ3) is 1.82. The Morgan fingerprint density at radius 1 is 1.43 bits per heavy atom. The summed E-state index contributed by atoms with van der Waals surface area (Å²) in [5.74, 6) is 3.28. The summed E-state index contributed by atoms with van der Waals surface area (Å²) in [5.41, 5.74) is 0.727. The molecule has 1 aromatic carbocycles. The van der Waals surface area contributed by atoms with Crippen LogP contribution in [0.2, 0.25) is 0 Å². The summed E-state index contributed by atoms with van der Waals surface area (Å²) in [4.78, 5) is 0. The van der Waals surface area contributed by atoms with Gasteiger partial charge in [-0.15, -0.1) is 0 Å². The molecule has 0 amide bonds. The van der Waals surface area contributed by atoms with Crippen LogP contribution < -0.4 is 4.74 Å². The summed E-state index contributed by atoms with van der Waals surface area (Å²) >= 11 is 1.96. The van der Waals surface area contributed by atoms with Gasteiger partial charge in [0, 0.05) is 22.6 Å². The van der Waals surface area contributed by atoms with Gasteiger partial charge in [0.05, 0.1) is 5.39 Å². The summed E-state index contributed by atoms with van der Waals surface area (Å²) in [6.07, 6.45) is 0. The van der Waals surface area contributed by atoms with E-state index in [0.29, 0.717) is 12.5 Å². The summed E-state index contributed by atoms with van der Waals surface area (Å²) < 4.78 is 13.1. The number of para-hydroxylation sites is 1. The molecule has 0 saturated heterocycles. The van der Waals surface area contributed by atoms with E-state index in [1.807, 2.05) is 46.9 Å². The lowest BCUT2D eigenvalue weighted by Gasteiger charge is -1.94. The molecule has 1 heterocycles. The van der Waals surface area contributed by atoms with Gasteiger partial charge in [-0.1, -0.05) is 18.1 Å².